The van der Waals surface area contributed by atoms with Gasteiger partial charge in [0.05, 0.1) is 27.3 Å². The van der Waals surface area contributed by atoms with Crippen molar-refractivity contribution >= 4 is 51.6 Å². The number of hydrogen-bond donors (Lipinski definition) is 0. The van der Waals surface area contributed by atoms with Gasteiger partial charge in [0, 0.05) is 41.4 Å². The number of amides is 1. The minimum absolute atomic E-state index is 0.0494. The van der Waals surface area contributed by atoms with Crippen molar-refractivity contribution in [2.75, 3.05) is 30.3 Å². The predicted molar refractivity (Wildman–Crippen MR) is 128 cm³/mol. The van der Waals surface area contributed by atoms with Gasteiger partial charge < -0.3 is 14.5 Å². The largest absolute Gasteiger partial charge is 0.465 e. The molecule has 0 bridgehead atoms. The minimum atomic E-state index is -1.64. The number of carbonyl (C=O) groups excluding carboxylic acids is 2. The van der Waals surface area contributed by atoms with Gasteiger partial charge in [0.15, 0.2) is 0 Å². The molecule has 3 atom stereocenters. The zero-order chi connectivity index (χ0) is 23.4. The number of carbonyl (C=O) groups is 2. The lowest BCUT2D eigenvalue weighted by Crippen LogP contribution is -2.59. The van der Waals surface area contributed by atoms with Gasteiger partial charge in [0.1, 0.15) is 5.75 Å². The van der Waals surface area contributed by atoms with Crippen LogP contribution in [-0.4, -0.2) is 58.5 Å². The van der Waals surface area contributed by atoms with Crippen LogP contribution in [0.25, 0.3) is 0 Å². The van der Waals surface area contributed by atoms with E-state index in [2.05, 4.69) is 11.8 Å². The number of esters is 1. The molecule has 0 saturated carbocycles. The molecule has 6 nitrogen and oxygen atoms in total. The molecule has 0 N–H and O–H groups in total. The van der Waals surface area contributed by atoms with E-state index in [9.17, 15) is 13.8 Å². The quantitative estimate of drug-likeness (QED) is 0.554. The van der Waals surface area contributed by atoms with E-state index in [1.807, 2.05) is 36.1 Å². The summed E-state index contributed by atoms with van der Waals surface area (Å²) in [4.78, 5) is 29.2. The maximum Gasteiger partial charge on any atom is 0.318 e. The number of piperazine rings is 1. The fourth-order valence-electron chi connectivity index (χ4n) is 3.82. The van der Waals surface area contributed by atoms with Crippen molar-refractivity contribution in [3.63, 3.8) is 0 Å². The molecule has 2 aromatic carbocycles. The zero-order valence-electron chi connectivity index (χ0n) is 18.2. The molecule has 32 heavy (non-hydrogen) atoms. The van der Waals surface area contributed by atoms with Crippen LogP contribution in [0.15, 0.2) is 47.4 Å². The van der Waals surface area contributed by atoms with Crippen LogP contribution in [0.4, 0.5) is 5.69 Å². The van der Waals surface area contributed by atoms with Gasteiger partial charge in [-0.25, -0.2) is 0 Å². The molecule has 1 heterocycles. The Balaban J connectivity index is 1.73. The third-order valence-electron chi connectivity index (χ3n) is 5.64. The molecule has 0 radical (unpaired) electrons. The number of halogens is 2. The molecule has 0 aromatic heterocycles. The van der Waals surface area contributed by atoms with Crippen molar-refractivity contribution < 1.29 is 18.5 Å². The van der Waals surface area contributed by atoms with Crippen LogP contribution in [0.1, 0.15) is 31.1 Å². The summed E-state index contributed by atoms with van der Waals surface area (Å²) in [6.45, 7) is 7.23. The smallest absolute Gasteiger partial charge is 0.318 e. The first-order chi connectivity index (χ1) is 15.2. The predicted octanol–water partition coefficient (Wildman–Crippen LogP) is 4.40. The summed E-state index contributed by atoms with van der Waals surface area (Å²) in [6.07, 6.45) is 0. The standard InChI is InChI=1S/C23H26Cl2N2O4S/c1-4-31-22(28)14-32(30)21-9-8-17(12-20(21)25)23(29)27-11-10-26(15(2)16(27)3)19-7-5-6-18(24)13-19/h5-9,12-13,15-16H,4,10-11,14H2,1-3H3/t15-,16?,32?/m1/s1. The topological polar surface area (TPSA) is 66.9 Å². The molecule has 1 aliphatic rings. The zero-order valence-corrected chi connectivity index (χ0v) is 20.5. The Morgan fingerprint density at radius 2 is 1.84 bits per heavy atom. The van der Waals surface area contributed by atoms with Crippen LogP contribution < -0.4 is 4.90 Å². The summed E-state index contributed by atoms with van der Waals surface area (Å²) < 4.78 is 17.3. The van der Waals surface area contributed by atoms with Gasteiger partial charge in [-0.1, -0.05) is 29.3 Å². The summed E-state index contributed by atoms with van der Waals surface area (Å²) in [5.74, 6) is -0.969. The highest BCUT2D eigenvalue weighted by Crippen LogP contribution is 2.28. The van der Waals surface area contributed by atoms with Gasteiger partial charge in [-0.3, -0.25) is 13.8 Å². The molecule has 9 heteroatoms. The first-order valence-corrected chi connectivity index (χ1v) is 12.5. The lowest BCUT2D eigenvalue weighted by Gasteiger charge is -2.46. The molecule has 1 amide bonds. The number of rotatable bonds is 6. The van der Waals surface area contributed by atoms with Gasteiger partial charge in [-0.05, 0) is 57.2 Å². The van der Waals surface area contributed by atoms with Gasteiger partial charge >= 0.3 is 5.97 Å². The van der Waals surface area contributed by atoms with Crippen molar-refractivity contribution in [1.29, 1.82) is 0 Å². The van der Waals surface area contributed by atoms with E-state index in [0.717, 1.165) is 5.69 Å². The van der Waals surface area contributed by atoms with E-state index in [0.29, 0.717) is 28.6 Å². The Labute approximate surface area is 200 Å². The molecule has 3 rings (SSSR count). The number of hydrogen-bond acceptors (Lipinski definition) is 5. The fourth-order valence-corrected chi connectivity index (χ4v) is 5.39. The lowest BCUT2D eigenvalue weighted by atomic mass is 10.0. The molecule has 2 aromatic rings. The SMILES string of the molecule is CCOC(=O)CS(=O)c1ccc(C(=O)N2CCN(c3cccc(Cl)c3)[C@H](C)C2C)cc1Cl. The van der Waals surface area contributed by atoms with E-state index in [1.165, 1.54) is 6.07 Å². The second-order valence-electron chi connectivity index (χ2n) is 7.59. The molecule has 1 saturated heterocycles. The third kappa shape index (κ3) is 5.45. The Bertz CT molecular complexity index is 1030. The highest BCUT2D eigenvalue weighted by atomic mass is 35.5. The van der Waals surface area contributed by atoms with Crippen molar-refractivity contribution in [1.82, 2.24) is 4.90 Å². The maximum atomic E-state index is 13.2. The van der Waals surface area contributed by atoms with Crippen LogP contribution >= 0.6 is 23.2 Å². The normalized spacial score (nSPS) is 19.5. The summed E-state index contributed by atoms with van der Waals surface area (Å²) in [5, 5.41) is 0.868. The van der Waals surface area contributed by atoms with Gasteiger partial charge in [0.25, 0.3) is 5.91 Å². The van der Waals surface area contributed by atoms with E-state index < -0.39 is 16.8 Å². The van der Waals surface area contributed by atoms with Crippen LogP contribution in [0.2, 0.25) is 10.0 Å². The molecule has 1 fully saturated rings. The minimum Gasteiger partial charge on any atom is -0.465 e. The second kappa shape index (κ2) is 10.7. The first-order valence-electron chi connectivity index (χ1n) is 10.4. The van der Waals surface area contributed by atoms with Crippen LogP contribution in [0, 0.1) is 0 Å². The van der Waals surface area contributed by atoms with Crippen molar-refractivity contribution in [2.45, 2.75) is 37.8 Å². The van der Waals surface area contributed by atoms with Gasteiger partial charge in [0.2, 0.25) is 0 Å². The van der Waals surface area contributed by atoms with Gasteiger partial charge in [-0.15, -0.1) is 0 Å². The molecule has 2 unspecified atom stereocenters. The van der Waals surface area contributed by atoms with Crippen LogP contribution in [-0.2, 0) is 20.3 Å². The fraction of sp³-hybridized carbons (Fsp3) is 0.391. The monoisotopic (exact) mass is 496 g/mol. The highest BCUT2D eigenvalue weighted by Gasteiger charge is 2.34. The van der Waals surface area contributed by atoms with Crippen molar-refractivity contribution in [2.24, 2.45) is 0 Å². The van der Waals surface area contributed by atoms with E-state index in [1.54, 1.807) is 19.1 Å². The second-order valence-corrected chi connectivity index (χ2v) is 9.86. The van der Waals surface area contributed by atoms with Crippen LogP contribution in [0.3, 0.4) is 0 Å². The molecular formula is C23H26Cl2N2O4S. The Kier molecular flexibility index (Phi) is 8.20. The molecular weight excluding hydrogens is 471 g/mol. The number of nitrogens with zero attached hydrogens (tertiary/aromatic N) is 2. The molecule has 172 valence electrons. The van der Waals surface area contributed by atoms with Crippen LogP contribution in [0.5, 0.6) is 0 Å². The van der Waals surface area contributed by atoms with E-state index >= 15 is 0 Å². The lowest BCUT2D eigenvalue weighted by molar-refractivity contribution is -0.139. The number of benzene rings is 2. The van der Waals surface area contributed by atoms with Crippen molar-refractivity contribution in [3.05, 3.63) is 58.1 Å². The number of ether oxygens (including phenoxy) is 1. The number of anilines is 1. The third-order valence-corrected chi connectivity index (χ3v) is 7.65. The molecule has 0 aliphatic carbocycles. The van der Waals surface area contributed by atoms with Crippen molar-refractivity contribution in [3.8, 4) is 0 Å². The van der Waals surface area contributed by atoms with E-state index in [-0.39, 0.29) is 35.4 Å². The molecule has 1 aliphatic heterocycles. The Hall–Kier alpha value is -2.09. The summed E-state index contributed by atoms with van der Waals surface area (Å²) in [5.41, 5.74) is 1.45. The first kappa shape index (κ1) is 24.6. The van der Waals surface area contributed by atoms with E-state index in [4.69, 9.17) is 27.9 Å². The molecule has 0 spiro atoms. The Morgan fingerprint density at radius 3 is 2.50 bits per heavy atom. The summed E-state index contributed by atoms with van der Waals surface area (Å²) in [7, 11) is -1.64. The van der Waals surface area contributed by atoms with Gasteiger partial charge in [-0.2, -0.15) is 0 Å². The maximum absolute atomic E-state index is 13.2. The highest BCUT2D eigenvalue weighted by molar-refractivity contribution is 7.85. The Morgan fingerprint density at radius 1 is 1.09 bits per heavy atom. The summed E-state index contributed by atoms with van der Waals surface area (Å²) in [6, 6.07) is 12.4. The average molecular weight is 497 g/mol. The summed E-state index contributed by atoms with van der Waals surface area (Å²) >= 11 is 12.5. The average Bonchev–Trinajstić information content (AvgIpc) is 2.75.